The molecule has 15 heavy (non-hydrogen) atoms. The summed E-state index contributed by atoms with van der Waals surface area (Å²) in [6.45, 7) is 0. The highest BCUT2D eigenvalue weighted by molar-refractivity contribution is 9.10. The maximum Gasteiger partial charge on any atom is 0.170 e. The second-order valence-corrected chi connectivity index (χ2v) is 5.26. The van der Waals surface area contributed by atoms with Crippen LogP contribution in [0.5, 0.6) is 0 Å². The van der Waals surface area contributed by atoms with Gasteiger partial charge in [0.05, 0.1) is 0 Å². The van der Waals surface area contributed by atoms with Gasteiger partial charge in [-0.15, -0.1) is 0 Å². The number of halogens is 1. The molecule has 0 bridgehead atoms. The molecule has 0 aromatic heterocycles. The molecule has 1 heterocycles. The van der Waals surface area contributed by atoms with Crippen LogP contribution in [0.1, 0.15) is 29.6 Å². The van der Waals surface area contributed by atoms with E-state index in [0.717, 1.165) is 28.6 Å². The van der Waals surface area contributed by atoms with Crippen molar-refractivity contribution in [3.63, 3.8) is 0 Å². The smallest absolute Gasteiger partial charge is 0.170 e. The Morgan fingerprint density at radius 1 is 1.33 bits per heavy atom. The van der Waals surface area contributed by atoms with Crippen LogP contribution in [0.4, 0.5) is 5.69 Å². The number of Topliss-reactive ketones (excluding diaryl/α,β-unsaturated/α-hetero) is 1. The van der Waals surface area contributed by atoms with Crippen LogP contribution in [0.3, 0.4) is 0 Å². The van der Waals surface area contributed by atoms with E-state index in [2.05, 4.69) is 21.2 Å². The molecule has 1 saturated carbocycles. The minimum atomic E-state index is 0.215. The van der Waals surface area contributed by atoms with Gasteiger partial charge in [0.2, 0.25) is 0 Å². The second kappa shape index (κ2) is 3.34. The summed E-state index contributed by atoms with van der Waals surface area (Å²) in [7, 11) is 0. The predicted molar refractivity (Wildman–Crippen MR) is 63.2 cm³/mol. The lowest BCUT2D eigenvalue weighted by Crippen LogP contribution is -2.35. The van der Waals surface area contributed by atoms with E-state index in [4.69, 9.17) is 0 Å². The van der Waals surface area contributed by atoms with E-state index in [1.807, 2.05) is 18.2 Å². The maximum absolute atomic E-state index is 12.2. The van der Waals surface area contributed by atoms with Gasteiger partial charge in [0.1, 0.15) is 0 Å². The van der Waals surface area contributed by atoms with Crippen molar-refractivity contribution in [2.24, 2.45) is 5.92 Å². The Kier molecular flexibility index (Phi) is 2.09. The molecule has 0 radical (unpaired) electrons. The molecule has 3 rings (SSSR count). The monoisotopic (exact) mass is 265 g/mol. The average molecular weight is 266 g/mol. The van der Waals surface area contributed by atoms with Crippen molar-refractivity contribution in [2.75, 3.05) is 5.32 Å². The largest absolute Gasteiger partial charge is 0.381 e. The van der Waals surface area contributed by atoms with Gasteiger partial charge < -0.3 is 5.32 Å². The van der Waals surface area contributed by atoms with Gasteiger partial charge in [-0.3, -0.25) is 4.79 Å². The van der Waals surface area contributed by atoms with Crippen molar-refractivity contribution in [3.05, 3.63) is 28.2 Å². The molecule has 1 N–H and O–H groups in total. The number of ketones is 1. The van der Waals surface area contributed by atoms with E-state index >= 15 is 0 Å². The number of benzene rings is 1. The molecule has 2 aliphatic rings. The SMILES string of the molecule is O=C1c2cc(Br)ccc2NC2CCCC12. The molecule has 1 aliphatic heterocycles. The molecule has 0 amide bonds. The first-order valence-corrected chi connectivity index (χ1v) is 6.15. The Hall–Kier alpha value is -0.830. The van der Waals surface area contributed by atoms with Crippen LogP contribution in [0.15, 0.2) is 22.7 Å². The summed E-state index contributed by atoms with van der Waals surface area (Å²) in [4.78, 5) is 12.2. The van der Waals surface area contributed by atoms with Crippen molar-refractivity contribution in [2.45, 2.75) is 25.3 Å². The minimum absolute atomic E-state index is 0.215. The first-order valence-electron chi connectivity index (χ1n) is 5.36. The van der Waals surface area contributed by atoms with Gasteiger partial charge in [-0.25, -0.2) is 0 Å². The Morgan fingerprint density at radius 2 is 2.20 bits per heavy atom. The number of hydrogen-bond acceptors (Lipinski definition) is 2. The Morgan fingerprint density at radius 3 is 3.07 bits per heavy atom. The van der Waals surface area contributed by atoms with Gasteiger partial charge in [-0.05, 0) is 31.0 Å². The third-order valence-corrected chi connectivity index (χ3v) is 3.93. The number of hydrogen-bond donors (Lipinski definition) is 1. The predicted octanol–water partition coefficient (Wildman–Crippen LogP) is 3.23. The minimum Gasteiger partial charge on any atom is -0.381 e. The van der Waals surface area contributed by atoms with Crippen LogP contribution in [0, 0.1) is 5.92 Å². The van der Waals surface area contributed by atoms with Crippen molar-refractivity contribution < 1.29 is 4.79 Å². The summed E-state index contributed by atoms with van der Waals surface area (Å²) in [6, 6.07) is 6.28. The number of fused-ring (bicyclic) bond motifs is 2. The molecule has 2 atom stereocenters. The molecule has 0 saturated heterocycles. The van der Waals surface area contributed by atoms with Crippen molar-refractivity contribution in [3.8, 4) is 0 Å². The Balaban J connectivity index is 2.09. The van der Waals surface area contributed by atoms with E-state index in [0.29, 0.717) is 11.8 Å². The Labute approximate surface area is 97.2 Å². The third-order valence-electron chi connectivity index (χ3n) is 3.44. The number of carbonyl (C=O) groups excluding carboxylic acids is 1. The van der Waals surface area contributed by atoms with Gasteiger partial charge in [0.15, 0.2) is 5.78 Å². The van der Waals surface area contributed by atoms with Crippen LogP contribution < -0.4 is 5.32 Å². The van der Waals surface area contributed by atoms with Crippen LogP contribution in [-0.2, 0) is 0 Å². The fourth-order valence-corrected chi connectivity index (χ4v) is 3.05. The third kappa shape index (κ3) is 1.41. The zero-order chi connectivity index (χ0) is 10.4. The normalized spacial score (nSPS) is 28.2. The topological polar surface area (TPSA) is 29.1 Å². The first-order chi connectivity index (χ1) is 7.25. The molecule has 0 spiro atoms. The van der Waals surface area contributed by atoms with Gasteiger partial charge in [0, 0.05) is 27.7 Å². The molecule has 78 valence electrons. The number of carbonyl (C=O) groups is 1. The highest BCUT2D eigenvalue weighted by Crippen LogP contribution is 2.38. The van der Waals surface area contributed by atoms with Gasteiger partial charge >= 0.3 is 0 Å². The second-order valence-electron chi connectivity index (χ2n) is 4.34. The average Bonchev–Trinajstić information content (AvgIpc) is 2.68. The number of rotatable bonds is 0. The molecule has 1 fully saturated rings. The van der Waals surface area contributed by atoms with Gasteiger partial charge in [-0.1, -0.05) is 22.4 Å². The molecular weight excluding hydrogens is 254 g/mol. The quantitative estimate of drug-likeness (QED) is 0.781. The van der Waals surface area contributed by atoms with Gasteiger partial charge in [-0.2, -0.15) is 0 Å². The van der Waals surface area contributed by atoms with Crippen LogP contribution in [0.25, 0.3) is 0 Å². The lowest BCUT2D eigenvalue weighted by Gasteiger charge is -2.28. The van der Waals surface area contributed by atoms with E-state index in [1.54, 1.807) is 0 Å². The highest BCUT2D eigenvalue weighted by atomic mass is 79.9. The molecule has 2 unspecified atom stereocenters. The molecule has 1 aliphatic carbocycles. The Bertz CT molecular complexity index is 430. The lowest BCUT2D eigenvalue weighted by atomic mass is 9.88. The van der Waals surface area contributed by atoms with E-state index in [1.165, 1.54) is 6.42 Å². The standard InChI is InChI=1S/C12H12BrNO/c13-7-4-5-11-9(6-7)12(15)8-2-1-3-10(8)14-11/h4-6,8,10,14H,1-3H2. The fourth-order valence-electron chi connectivity index (χ4n) is 2.69. The van der Waals surface area contributed by atoms with Crippen LogP contribution in [0.2, 0.25) is 0 Å². The first kappa shape index (κ1) is 9.40. The summed E-state index contributed by atoms with van der Waals surface area (Å²) in [5, 5.41) is 3.47. The molecule has 3 heteroatoms. The van der Waals surface area contributed by atoms with Gasteiger partial charge in [0.25, 0.3) is 0 Å². The zero-order valence-corrected chi connectivity index (χ0v) is 9.88. The number of nitrogens with one attached hydrogen (secondary N) is 1. The molecular formula is C12H12BrNO. The van der Waals surface area contributed by atoms with Crippen LogP contribution >= 0.6 is 15.9 Å². The zero-order valence-electron chi connectivity index (χ0n) is 8.29. The summed E-state index contributed by atoms with van der Waals surface area (Å²) < 4.78 is 0.979. The summed E-state index contributed by atoms with van der Waals surface area (Å²) in [5.74, 6) is 0.541. The molecule has 2 nitrogen and oxygen atoms in total. The van der Waals surface area contributed by atoms with E-state index in [-0.39, 0.29) is 5.92 Å². The van der Waals surface area contributed by atoms with Crippen molar-refractivity contribution in [1.82, 2.24) is 0 Å². The lowest BCUT2D eigenvalue weighted by molar-refractivity contribution is 0.0911. The summed E-state index contributed by atoms with van der Waals surface area (Å²) >= 11 is 3.41. The molecule has 1 aromatic carbocycles. The maximum atomic E-state index is 12.2. The highest BCUT2D eigenvalue weighted by Gasteiger charge is 2.38. The van der Waals surface area contributed by atoms with E-state index in [9.17, 15) is 4.79 Å². The van der Waals surface area contributed by atoms with Crippen LogP contribution in [-0.4, -0.2) is 11.8 Å². The molecule has 1 aromatic rings. The summed E-state index contributed by atoms with van der Waals surface area (Å²) in [5.41, 5.74) is 1.86. The van der Waals surface area contributed by atoms with Crippen molar-refractivity contribution >= 4 is 27.4 Å². The van der Waals surface area contributed by atoms with Crippen molar-refractivity contribution in [1.29, 1.82) is 0 Å². The van der Waals surface area contributed by atoms with E-state index < -0.39 is 0 Å². The fraction of sp³-hybridized carbons (Fsp3) is 0.417. The summed E-state index contributed by atoms with van der Waals surface area (Å²) in [6.07, 6.45) is 3.34. The number of anilines is 1.